The number of nitrogens with one attached hydrogen (secondary N) is 2. The number of non-ortho nitro benzene ring substituents is 1. The Labute approximate surface area is 278 Å². The van der Waals surface area contributed by atoms with Gasteiger partial charge in [0.25, 0.3) is 5.69 Å². The molecule has 3 aromatic rings. The second-order valence-electron chi connectivity index (χ2n) is 13.9. The highest BCUT2D eigenvalue weighted by atomic mass is 19.4. The summed E-state index contributed by atoms with van der Waals surface area (Å²) in [6.45, 7) is 8.78. The summed E-state index contributed by atoms with van der Waals surface area (Å²) in [6.07, 6.45) is 5.08. The molecule has 10 nitrogen and oxygen atoms in total. The van der Waals surface area contributed by atoms with E-state index < -0.39 is 28.4 Å². The highest BCUT2D eigenvalue weighted by Gasteiger charge is 2.37. The third kappa shape index (κ3) is 7.78. The van der Waals surface area contributed by atoms with Crippen LogP contribution in [0.4, 0.5) is 24.7 Å². The quantitative estimate of drug-likeness (QED) is 0.177. The van der Waals surface area contributed by atoms with E-state index in [4.69, 9.17) is 9.47 Å². The van der Waals surface area contributed by atoms with Crippen molar-refractivity contribution in [2.45, 2.75) is 83.5 Å². The molecule has 2 saturated heterocycles. The molecule has 0 radical (unpaired) electrons. The van der Waals surface area contributed by atoms with Crippen LogP contribution in [0.5, 0.6) is 11.5 Å². The molecular weight excluding hydrogens is 625 g/mol. The number of nitro groups is 1. The number of nitrogens with zero attached hydrogens (tertiary/aromatic N) is 4. The molecule has 2 N–H and O–H groups in total. The normalized spacial score (nSPS) is 20.1. The molecule has 1 atom stereocenters. The van der Waals surface area contributed by atoms with Gasteiger partial charge in [-0.1, -0.05) is 0 Å². The van der Waals surface area contributed by atoms with Gasteiger partial charge in [-0.15, -0.1) is 0 Å². The van der Waals surface area contributed by atoms with E-state index in [1.165, 1.54) is 38.5 Å². The van der Waals surface area contributed by atoms with Crippen molar-refractivity contribution in [1.29, 1.82) is 0 Å². The van der Waals surface area contributed by atoms with Crippen molar-refractivity contribution in [3.05, 3.63) is 57.4 Å². The molecule has 1 saturated carbocycles. The van der Waals surface area contributed by atoms with Crippen LogP contribution in [0.3, 0.4) is 0 Å². The summed E-state index contributed by atoms with van der Waals surface area (Å²) in [5.41, 5.74) is -0.452. The number of likely N-dealkylation sites (tertiary alicyclic amines) is 1. The van der Waals surface area contributed by atoms with Gasteiger partial charge in [-0.05, 0) is 107 Å². The van der Waals surface area contributed by atoms with E-state index >= 15 is 0 Å². The summed E-state index contributed by atoms with van der Waals surface area (Å²) in [6, 6.07) is 5.45. The zero-order valence-corrected chi connectivity index (χ0v) is 27.9. The summed E-state index contributed by atoms with van der Waals surface area (Å²) in [5, 5.41) is 18.7. The van der Waals surface area contributed by atoms with Crippen molar-refractivity contribution >= 4 is 22.4 Å². The van der Waals surface area contributed by atoms with E-state index in [-0.39, 0.29) is 11.7 Å². The maximum Gasteiger partial charge on any atom is 0.416 e. The zero-order chi connectivity index (χ0) is 34.1. The van der Waals surface area contributed by atoms with Crippen LogP contribution >= 0.6 is 0 Å². The first-order valence-corrected chi connectivity index (χ1v) is 17.0. The number of rotatable bonds is 9. The van der Waals surface area contributed by atoms with E-state index in [9.17, 15) is 23.3 Å². The first-order valence-electron chi connectivity index (χ1n) is 17.0. The molecule has 260 valence electrons. The number of alkyl halides is 3. The Morgan fingerprint density at radius 3 is 2.40 bits per heavy atom. The fourth-order valence-electron chi connectivity index (χ4n) is 7.74. The first kappa shape index (κ1) is 34.2. The van der Waals surface area contributed by atoms with Gasteiger partial charge >= 0.3 is 6.18 Å². The predicted molar refractivity (Wildman–Crippen MR) is 178 cm³/mol. The Bertz CT molecular complexity index is 1610. The molecule has 1 unspecified atom stereocenters. The number of benzene rings is 2. The molecule has 1 aliphatic carbocycles. The molecule has 1 spiro atoms. The van der Waals surface area contributed by atoms with Crippen molar-refractivity contribution in [3.8, 4) is 11.5 Å². The van der Waals surface area contributed by atoms with Crippen LogP contribution in [0.1, 0.15) is 81.3 Å². The Hall–Kier alpha value is -3.71. The second kappa shape index (κ2) is 14.0. The minimum Gasteiger partial charge on any atom is -0.493 e. The number of aromatic nitrogens is 2. The monoisotopic (exact) mass is 670 g/mol. The van der Waals surface area contributed by atoms with Crippen LogP contribution in [-0.4, -0.2) is 65.7 Å². The molecule has 2 aliphatic heterocycles. The summed E-state index contributed by atoms with van der Waals surface area (Å²) < 4.78 is 52.9. The Morgan fingerprint density at radius 1 is 1.04 bits per heavy atom. The zero-order valence-electron chi connectivity index (χ0n) is 27.9. The van der Waals surface area contributed by atoms with Crippen LogP contribution in [-0.2, 0) is 6.18 Å². The van der Waals surface area contributed by atoms with Crippen molar-refractivity contribution < 1.29 is 27.6 Å². The maximum absolute atomic E-state index is 13.6. The number of hydrogen-bond acceptors (Lipinski definition) is 9. The van der Waals surface area contributed by atoms with Crippen LogP contribution in [0.25, 0.3) is 10.9 Å². The van der Waals surface area contributed by atoms with Gasteiger partial charge in [-0.3, -0.25) is 10.1 Å². The molecule has 13 heteroatoms. The third-order valence-electron chi connectivity index (χ3n) is 10.6. The Morgan fingerprint density at radius 2 is 1.75 bits per heavy atom. The fraction of sp³-hybridized carbons (Fsp3) is 0.600. The van der Waals surface area contributed by atoms with E-state index in [0.29, 0.717) is 45.5 Å². The minimum atomic E-state index is -4.73. The lowest BCUT2D eigenvalue weighted by Gasteiger charge is -2.44. The number of anilines is 1. The summed E-state index contributed by atoms with van der Waals surface area (Å²) in [5.74, 6) is 2.66. The molecule has 0 amide bonds. The van der Waals surface area contributed by atoms with Gasteiger partial charge < -0.3 is 25.0 Å². The molecule has 3 heterocycles. The number of methoxy groups -OCH3 is 1. The van der Waals surface area contributed by atoms with Gasteiger partial charge in [0.1, 0.15) is 17.7 Å². The molecule has 3 aliphatic rings. The van der Waals surface area contributed by atoms with Gasteiger partial charge in [-0.25, -0.2) is 9.97 Å². The minimum absolute atomic E-state index is 0.00400. The lowest BCUT2D eigenvalue weighted by Crippen LogP contribution is -2.43. The van der Waals surface area contributed by atoms with E-state index in [1.54, 1.807) is 27.0 Å². The topological polar surface area (TPSA) is 115 Å². The van der Waals surface area contributed by atoms with Crippen LogP contribution < -0.4 is 20.1 Å². The first-order chi connectivity index (χ1) is 22.9. The third-order valence-corrected chi connectivity index (χ3v) is 10.6. The van der Waals surface area contributed by atoms with E-state index in [1.807, 2.05) is 6.07 Å². The van der Waals surface area contributed by atoms with Crippen LogP contribution in [0.15, 0.2) is 30.3 Å². The van der Waals surface area contributed by atoms with Crippen molar-refractivity contribution in [2.75, 3.05) is 45.2 Å². The van der Waals surface area contributed by atoms with Crippen molar-refractivity contribution in [2.24, 2.45) is 11.3 Å². The smallest absolute Gasteiger partial charge is 0.416 e. The molecular formula is C35H45F3N6O4. The van der Waals surface area contributed by atoms with Gasteiger partial charge in [0, 0.05) is 43.2 Å². The average Bonchev–Trinajstić information content (AvgIpc) is 3.06. The summed E-state index contributed by atoms with van der Waals surface area (Å²) in [7, 11) is 1.57. The number of hydrogen-bond donors (Lipinski definition) is 2. The van der Waals surface area contributed by atoms with Crippen molar-refractivity contribution in [3.63, 3.8) is 0 Å². The predicted octanol–water partition coefficient (Wildman–Crippen LogP) is 7.45. The lowest BCUT2D eigenvalue weighted by atomic mass is 9.65. The van der Waals surface area contributed by atoms with E-state index in [2.05, 4.69) is 25.5 Å². The van der Waals surface area contributed by atoms with Crippen molar-refractivity contribution in [1.82, 2.24) is 20.2 Å². The molecule has 1 aromatic heterocycles. The standard InChI is InChI=1S/C35H45F3N6O4/c1-22(25-16-26(35(36,37)38)18-27(17-25)44(45)46)40-33-29-19-32(31(47-3)20-30(29)41-23(2)42-33)48-28-6-14-43(15-7-28)21-24-4-8-34(9-5-24)10-12-39-13-11-34/h16-20,22,24,28,39H,4-15,21H2,1-3H3,(H,40,41,42). The van der Waals surface area contributed by atoms with Crippen LogP contribution in [0.2, 0.25) is 0 Å². The number of nitro benzene ring substituents is 1. The number of piperidine rings is 2. The highest BCUT2D eigenvalue weighted by molar-refractivity contribution is 5.92. The number of fused-ring (bicyclic) bond motifs is 1. The molecule has 3 fully saturated rings. The average molecular weight is 671 g/mol. The highest BCUT2D eigenvalue weighted by Crippen LogP contribution is 2.45. The number of halogens is 3. The number of ether oxygens (including phenoxy) is 2. The fourth-order valence-corrected chi connectivity index (χ4v) is 7.74. The lowest BCUT2D eigenvalue weighted by molar-refractivity contribution is -0.385. The summed E-state index contributed by atoms with van der Waals surface area (Å²) in [4.78, 5) is 22.3. The van der Waals surface area contributed by atoms with Gasteiger partial charge in [0.05, 0.1) is 29.2 Å². The molecule has 6 rings (SSSR count). The Kier molecular flexibility index (Phi) is 9.98. The summed E-state index contributed by atoms with van der Waals surface area (Å²) >= 11 is 0. The van der Waals surface area contributed by atoms with Gasteiger partial charge in [0.15, 0.2) is 11.5 Å². The van der Waals surface area contributed by atoms with E-state index in [0.717, 1.165) is 63.6 Å². The van der Waals surface area contributed by atoms with Gasteiger partial charge in [0.2, 0.25) is 0 Å². The SMILES string of the molecule is COc1cc2nc(C)nc(NC(C)c3cc([N+](=O)[O-])cc(C(F)(F)F)c3)c2cc1OC1CCN(CC2CCC3(CCNCC3)CC2)CC1. The van der Waals surface area contributed by atoms with Crippen LogP contribution in [0, 0.1) is 28.4 Å². The maximum atomic E-state index is 13.6. The number of aryl methyl sites for hydroxylation is 1. The second-order valence-corrected chi connectivity index (χ2v) is 13.9. The molecule has 48 heavy (non-hydrogen) atoms. The Balaban J connectivity index is 1.14. The van der Waals surface area contributed by atoms with Gasteiger partial charge in [-0.2, -0.15) is 13.2 Å². The largest absolute Gasteiger partial charge is 0.493 e. The molecule has 0 bridgehead atoms. The molecule has 2 aromatic carbocycles.